The van der Waals surface area contributed by atoms with Gasteiger partial charge in [-0.25, -0.2) is 9.78 Å². The molecule has 0 aliphatic carbocycles. The summed E-state index contributed by atoms with van der Waals surface area (Å²) in [6, 6.07) is 15.7. The van der Waals surface area contributed by atoms with Crippen molar-refractivity contribution >= 4 is 63.4 Å². The van der Waals surface area contributed by atoms with Crippen molar-refractivity contribution in [3.05, 3.63) is 75.6 Å². The predicted molar refractivity (Wildman–Crippen MR) is 139 cm³/mol. The van der Waals surface area contributed by atoms with Gasteiger partial charge in [0.05, 0.1) is 5.52 Å². The van der Waals surface area contributed by atoms with Crippen molar-refractivity contribution in [3.8, 4) is 11.1 Å². The Morgan fingerprint density at radius 2 is 1.85 bits per heavy atom. The van der Waals surface area contributed by atoms with Gasteiger partial charge >= 0.3 is 6.03 Å². The Morgan fingerprint density at radius 3 is 2.55 bits per heavy atom. The van der Waals surface area contributed by atoms with E-state index in [2.05, 4.69) is 36.9 Å². The maximum atomic E-state index is 13.4. The summed E-state index contributed by atoms with van der Waals surface area (Å²) in [5.74, 6) is 0.682. The molecule has 164 valence electrons. The summed E-state index contributed by atoms with van der Waals surface area (Å²) >= 11 is 3.52. The minimum absolute atomic E-state index is 0.150. The number of hydrogen-bond donors (Lipinski definition) is 3. The van der Waals surface area contributed by atoms with Gasteiger partial charge in [-0.15, -0.1) is 0 Å². The third-order valence-electron chi connectivity index (χ3n) is 5.26. The van der Waals surface area contributed by atoms with Gasteiger partial charge in [-0.1, -0.05) is 45.7 Å². The smallest absolute Gasteiger partial charge is 0.323 e. The summed E-state index contributed by atoms with van der Waals surface area (Å²) in [6.45, 7) is 2.41. The van der Waals surface area contributed by atoms with Crippen LogP contribution in [0.4, 0.5) is 22.0 Å². The van der Waals surface area contributed by atoms with Gasteiger partial charge in [0.15, 0.2) is 0 Å². The van der Waals surface area contributed by atoms with Gasteiger partial charge in [0.25, 0.3) is 5.56 Å². The van der Waals surface area contributed by atoms with Crippen molar-refractivity contribution < 1.29 is 4.79 Å². The number of para-hydroxylation sites is 1. The van der Waals surface area contributed by atoms with Crippen molar-refractivity contribution in [2.45, 2.75) is 13.5 Å². The lowest BCUT2D eigenvalue weighted by molar-refractivity contribution is 0.262. The SMILES string of the molecule is [B]c1cc(Br)c(-c2cc3cnc(NC)cc3n(CC)c2=O)cc1NC(=O)Nc1ccccc1. The van der Waals surface area contributed by atoms with Gasteiger partial charge in [0.1, 0.15) is 13.7 Å². The summed E-state index contributed by atoms with van der Waals surface area (Å²) in [6.07, 6.45) is 1.73. The number of nitrogens with one attached hydrogen (secondary N) is 3. The van der Waals surface area contributed by atoms with Crippen LogP contribution >= 0.6 is 15.9 Å². The number of hydrogen-bond acceptors (Lipinski definition) is 4. The van der Waals surface area contributed by atoms with Crippen LogP contribution in [0.2, 0.25) is 0 Å². The molecule has 0 aliphatic rings. The van der Waals surface area contributed by atoms with Crippen LogP contribution < -0.4 is 27.0 Å². The normalized spacial score (nSPS) is 10.8. The van der Waals surface area contributed by atoms with Crippen molar-refractivity contribution in [2.24, 2.45) is 0 Å². The standard InChI is InChI=1S/C24H21BBrN5O2/c1-3-31-21-12-22(27-2)28-13-14(21)9-17(23(31)32)16-10-20(18(25)11-19(16)26)30-24(33)29-15-7-5-4-6-8-15/h4-13H,3H2,1-2H3,(H,27,28)(H2,29,30,33). The number of halogens is 1. The monoisotopic (exact) mass is 501 g/mol. The van der Waals surface area contributed by atoms with Gasteiger partial charge in [-0.2, -0.15) is 0 Å². The fourth-order valence-electron chi connectivity index (χ4n) is 3.63. The van der Waals surface area contributed by atoms with Crippen LogP contribution in [0.5, 0.6) is 0 Å². The van der Waals surface area contributed by atoms with E-state index in [-0.39, 0.29) is 5.56 Å². The number of carbonyl (C=O) groups is 1. The largest absolute Gasteiger partial charge is 0.373 e. The van der Waals surface area contributed by atoms with E-state index in [9.17, 15) is 9.59 Å². The van der Waals surface area contributed by atoms with E-state index in [0.717, 1.165) is 10.9 Å². The fourth-order valence-corrected chi connectivity index (χ4v) is 4.20. The zero-order chi connectivity index (χ0) is 23.5. The number of nitrogens with zero attached hydrogens (tertiary/aromatic N) is 2. The molecular weight excluding hydrogens is 481 g/mol. The van der Waals surface area contributed by atoms with Gasteiger partial charge < -0.3 is 20.5 Å². The molecular formula is C24H21BBrN5O2. The molecule has 0 bridgehead atoms. The number of anilines is 3. The van der Waals surface area contributed by atoms with Crippen LogP contribution in [0.1, 0.15) is 6.92 Å². The van der Waals surface area contributed by atoms with E-state index in [1.807, 2.05) is 31.2 Å². The molecule has 33 heavy (non-hydrogen) atoms. The van der Waals surface area contributed by atoms with E-state index in [4.69, 9.17) is 7.85 Å². The van der Waals surface area contributed by atoms with Gasteiger partial charge in [-0.05, 0) is 31.2 Å². The number of aryl methyl sites for hydroxylation is 1. The summed E-state index contributed by atoms with van der Waals surface area (Å²) in [4.78, 5) is 30.3. The molecule has 2 heterocycles. The average molecular weight is 502 g/mol. The molecule has 9 heteroatoms. The van der Waals surface area contributed by atoms with E-state index < -0.39 is 6.03 Å². The lowest BCUT2D eigenvalue weighted by Gasteiger charge is -2.16. The molecule has 0 atom stereocenters. The third kappa shape index (κ3) is 4.63. The highest BCUT2D eigenvalue weighted by Gasteiger charge is 2.16. The topological polar surface area (TPSA) is 88.1 Å². The Bertz CT molecular complexity index is 1410. The number of pyridine rings is 2. The number of fused-ring (bicyclic) bond motifs is 1. The molecule has 3 N–H and O–H groups in total. The highest BCUT2D eigenvalue weighted by atomic mass is 79.9. The Balaban J connectivity index is 1.77. The molecule has 7 nitrogen and oxygen atoms in total. The Hall–Kier alpha value is -3.59. The molecule has 2 amide bonds. The maximum Gasteiger partial charge on any atom is 0.323 e. The second kappa shape index (κ2) is 9.50. The van der Waals surface area contributed by atoms with Gasteiger partial charge in [0, 0.05) is 58.2 Å². The number of amides is 2. The molecule has 0 spiro atoms. The van der Waals surface area contributed by atoms with Gasteiger partial charge in [-0.3, -0.25) is 4.79 Å². The molecule has 4 aromatic rings. The minimum Gasteiger partial charge on any atom is -0.373 e. The Labute approximate surface area is 200 Å². The molecule has 2 radical (unpaired) electrons. The zero-order valence-corrected chi connectivity index (χ0v) is 19.7. The van der Waals surface area contributed by atoms with Crippen LogP contribution in [0.15, 0.2) is 70.1 Å². The van der Waals surface area contributed by atoms with Crippen molar-refractivity contribution in [1.29, 1.82) is 0 Å². The Kier molecular flexibility index (Phi) is 6.51. The Morgan fingerprint density at radius 1 is 1.09 bits per heavy atom. The molecule has 2 aromatic heterocycles. The van der Waals surface area contributed by atoms with E-state index in [1.165, 1.54) is 0 Å². The predicted octanol–water partition coefficient (Wildman–Crippen LogP) is 4.33. The van der Waals surface area contributed by atoms with Crippen molar-refractivity contribution in [1.82, 2.24) is 9.55 Å². The first-order valence-electron chi connectivity index (χ1n) is 10.3. The maximum absolute atomic E-state index is 13.4. The summed E-state index contributed by atoms with van der Waals surface area (Å²) < 4.78 is 2.35. The van der Waals surface area contributed by atoms with Gasteiger partial charge in [0.2, 0.25) is 0 Å². The van der Waals surface area contributed by atoms with Crippen LogP contribution in [0, 0.1) is 0 Å². The van der Waals surface area contributed by atoms with Crippen LogP contribution in [-0.4, -0.2) is 30.5 Å². The lowest BCUT2D eigenvalue weighted by atomic mass is 9.91. The van der Waals surface area contributed by atoms with Crippen molar-refractivity contribution in [2.75, 3.05) is 23.0 Å². The number of carbonyl (C=O) groups excluding carboxylic acids is 1. The molecule has 4 rings (SSSR count). The molecule has 0 aliphatic heterocycles. The lowest BCUT2D eigenvalue weighted by Crippen LogP contribution is -2.25. The first kappa shape index (κ1) is 22.6. The fraction of sp³-hybridized carbons (Fsp3) is 0.125. The first-order chi connectivity index (χ1) is 15.9. The van der Waals surface area contributed by atoms with E-state index in [0.29, 0.717) is 44.8 Å². The average Bonchev–Trinajstić information content (AvgIpc) is 2.81. The summed E-state index contributed by atoms with van der Waals surface area (Å²) in [7, 11) is 7.94. The highest BCUT2D eigenvalue weighted by Crippen LogP contribution is 2.30. The molecule has 0 saturated heterocycles. The van der Waals surface area contributed by atoms with Crippen LogP contribution in [0.3, 0.4) is 0 Å². The van der Waals surface area contributed by atoms with Crippen molar-refractivity contribution in [3.63, 3.8) is 0 Å². The molecule has 0 fully saturated rings. The molecule has 0 saturated carbocycles. The first-order valence-corrected chi connectivity index (χ1v) is 11.1. The molecule has 2 aromatic carbocycles. The third-order valence-corrected chi connectivity index (χ3v) is 5.92. The van der Waals surface area contributed by atoms with E-state index >= 15 is 0 Å². The number of aromatic nitrogens is 2. The second-order valence-corrected chi connectivity index (χ2v) is 8.20. The highest BCUT2D eigenvalue weighted by molar-refractivity contribution is 9.10. The molecule has 0 unspecified atom stereocenters. The van der Waals surface area contributed by atoms with Crippen LogP contribution in [0.25, 0.3) is 22.0 Å². The number of rotatable bonds is 5. The number of benzene rings is 2. The quantitative estimate of drug-likeness (QED) is 0.355. The van der Waals surface area contributed by atoms with E-state index in [1.54, 1.807) is 48.1 Å². The van der Waals surface area contributed by atoms with Crippen LogP contribution in [-0.2, 0) is 6.54 Å². The second-order valence-electron chi connectivity index (χ2n) is 7.35. The number of urea groups is 1. The summed E-state index contributed by atoms with van der Waals surface area (Å²) in [5, 5.41) is 9.35. The minimum atomic E-state index is -0.436. The summed E-state index contributed by atoms with van der Waals surface area (Å²) in [5.41, 5.74) is 3.15. The zero-order valence-electron chi connectivity index (χ0n) is 18.1.